The zero-order chi connectivity index (χ0) is 20.1. The molecule has 0 bridgehead atoms. The summed E-state index contributed by atoms with van der Waals surface area (Å²) in [5.41, 5.74) is 1.72. The van der Waals surface area contributed by atoms with Gasteiger partial charge in [0.15, 0.2) is 11.5 Å². The van der Waals surface area contributed by atoms with Gasteiger partial charge < -0.3 is 19.1 Å². The number of rotatable bonds is 7. The SMILES string of the molecule is CCCOc1c(Br)cc(C(=O)N2CCC[C@H]2c2ccc(OC)cc2)cc1OC. The highest BCUT2D eigenvalue weighted by Crippen LogP contribution is 2.39. The Kier molecular flexibility index (Phi) is 6.83. The highest BCUT2D eigenvalue weighted by atomic mass is 79.9. The smallest absolute Gasteiger partial charge is 0.254 e. The summed E-state index contributed by atoms with van der Waals surface area (Å²) in [4.78, 5) is 15.2. The van der Waals surface area contributed by atoms with E-state index < -0.39 is 0 Å². The number of hydrogen-bond donors (Lipinski definition) is 0. The lowest BCUT2D eigenvalue weighted by atomic mass is 10.0. The number of halogens is 1. The second-order valence-corrected chi connectivity index (χ2v) is 7.62. The molecule has 3 rings (SSSR count). The molecule has 150 valence electrons. The number of carbonyl (C=O) groups is 1. The number of ether oxygens (including phenoxy) is 3. The number of benzene rings is 2. The minimum Gasteiger partial charge on any atom is -0.497 e. The number of hydrogen-bond acceptors (Lipinski definition) is 4. The average molecular weight is 448 g/mol. The van der Waals surface area contributed by atoms with E-state index in [9.17, 15) is 4.79 Å². The van der Waals surface area contributed by atoms with Gasteiger partial charge in [0.05, 0.1) is 31.3 Å². The van der Waals surface area contributed by atoms with Gasteiger partial charge in [-0.15, -0.1) is 0 Å². The summed E-state index contributed by atoms with van der Waals surface area (Å²) in [5.74, 6) is 2.01. The van der Waals surface area contributed by atoms with E-state index in [2.05, 4.69) is 15.9 Å². The number of nitrogens with zero attached hydrogens (tertiary/aromatic N) is 1. The molecule has 6 heteroatoms. The average Bonchev–Trinajstić information content (AvgIpc) is 3.21. The largest absolute Gasteiger partial charge is 0.497 e. The van der Waals surface area contributed by atoms with Crippen molar-refractivity contribution in [2.75, 3.05) is 27.4 Å². The Morgan fingerprint density at radius 3 is 2.57 bits per heavy atom. The van der Waals surface area contributed by atoms with Gasteiger partial charge in [-0.3, -0.25) is 4.79 Å². The van der Waals surface area contributed by atoms with Crippen LogP contribution in [-0.4, -0.2) is 38.2 Å². The quantitative estimate of drug-likeness (QED) is 0.582. The van der Waals surface area contributed by atoms with Crippen molar-refractivity contribution in [2.24, 2.45) is 0 Å². The molecule has 0 saturated carbocycles. The van der Waals surface area contributed by atoms with Crippen molar-refractivity contribution in [3.8, 4) is 17.2 Å². The van der Waals surface area contributed by atoms with Gasteiger partial charge in [-0.25, -0.2) is 0 Å². The number of amides is 1. The lowest BCUT2D eigenvalue weighted by Gasteiger charge is -2.26. The summed E-state index contributed by atoms with van der Waals surface area (Å²) in [7, 11) is 3.24. The van der Waals surface area contributed by atoms with Crippen molar-refractivity contribution >= 4 is 21.8 Å². The molecule has 0 aliphatic carbocycles. The number of carbonyl (C=O) groups excluding carboxylic acids is 1. The highest BCUT2D eigenvalue weighted by Gasteiger charge is 2.31. The molecule has 1 atom stereocenters. The normalized spacial score (nSPS) is 16.1. The maximum absolute atomic E-state index is 13.3. The minimum atomic E-state index is -0.000593. The summed E-state index contributed by atoms with van der Waals surface area (Å²) in [6.07, 6.45) is 2.83. The molecule has 2 aromatic rings. The van der Waals surface area contributed by atoms with E-state index in [4.69, 9.17) is 14.2 Å². The van der Waals surface area contributed by atoms with E-state index in [1.54, 1.807) is 20.3 Å². The van der Waals surface area contributed by atoms with E-state index in [0.29, 0.717) is 23.7 Å². The maximum Gasteiger partial charge on any atom is 0.254 e. The van der Waals surface area contributed by atoms with Gasteiger partial charge in [0.2, 0.25) is 0 Å². The van der Waals surface area contributed by atoms with Crippen molar-refractivity contribution in [2.45, 2.75) is 32.2 Å². The van der Waals surface area contributed by atoms with Crippen LogP contribution in [-0.2, 0) is 0 Å². The van der Waals surface area contributed by atoms with E-state index in [0.717, 1.165) is 41.6 Å². The third-order valence-electron chi connectivity index (χ3n) is 4.94. The van der Waals surface area contributed by atoms with Crippen LogP contribution >= 0.6 is 15.9 Å². The van der Waals surface area contributed by atoms with Crippen LogP contribution in [0.25, 0.3) is 0 Å². The Bertz CT molecular complexity index is 822. The van der Waals surface area contributed by atoms with E-state index in [1.165, 1.54) is 0 Å². The standard InChI is InChI=1S/C22H26BrNO4/c1-4-12-28-21-18(23)13-16(14-20(21)27-3)22(25)24-11-5-6-19(24)15-7-9-17(26-2)10-8-15/h7-10,13-14,19H,4-6,11-12H2,1-3H3/t19-/m0/s1. The summed E-state index contributed by atoms with van der Waals surface area (Å²) in [6.45, 7) is 3.38. The van der Waals surface area contributed by atoms with Crippen LogP contribution in [0.15, 0.2) is 40.9 Å². The van der Waals surface area contributed by atoms with E-state index in [1.807, 2.05) is 42.2 Å². The van der Waals surface area contributed by atoms with Gasteiger partial charge in [-0.1, -0.05) is 19.1 Å². The fourth-order valence-corrected chi connectivity index (χ4v) is 4.09. The first-order chi connectivity index (χ1) is 13.6. The predicted molar refractivity (Wildman–Crippen MR) is 112 cm³/mol. The molecule has 0 N–H and O–H groups in total. The molecule has 1 aliphatic heterocycles. The molecule has 28 heavy (non-hydrogen) atoms. The molecule has 5 nitrogen and oxygen atoms in total. The zero-order valence-corrected chi connectivity index (χ0v) is 18.1. The molecule has 1 saturated heterocycles. The van der Waals surface area contributed by atoms with Crippen molar-refractivity contribution in [3.05, 3.63) is 52.0 Å². The van der Waals surface area contributed by atoms with Gasteiger partial charge in [0, 0.05) is 12.1 Å². The Hall–Kier alpha value is -2.21. The van der Waals surface area contributed by atoms with Gasteiger partial charge in [0.25, 0.3) is 5.91 Å². The number of likely N-dealkylation sites (tertiary alicyclic amines) is 1. The minimum absolute atomic E-state index is 0.000593. The third-order valence-corrected chi connectivity index (χ3v) is 5.53. The van der Waals surface area contributed by atoms with Crippen LogP contribution in [0.3, 0.4) is 0 Å². The van der Waals surface area contributed by atoms with Crippen molar-refractivity contribution < 1.29 is 19.0 Å². The van der Waals surface area contributed by atoms with Crippen LogP contribution < -0.4 is 14.2 Å². The third kappa shape index (κ3) is 4.27. The van der Waals surface area contributed by atoms with Crippen LogP contribution in [0.1, 0.15) is 48.1 Å². The summed E-state index contributed by atoms with van der Waals surface area (Å²) in [6, 6.07) is 11.6. The Balaban J connectivity index is 1.86. The van der Waals surface area contributed by atoms with Crippen LogP contribution in [0.2, 0.25) is 0 Å². The van der Waals surface area contributed by atoms with Gasteiger partial charge in [0.1, 0.15) is 5.75 Å². The second-order valence-electron chi connectivity index (χ2n) is 6.77. The van der Waals surface area contributed by atoms with E-state index >= 15 is 0 Å². The fourth-order valence-electron chi connectivity index (χ4n) is 3.54. The highest BCUT2D eigenvalue weighted by molar-refractivity contribution is 9.10. The predicted octanol–water partition coefficient (Wildman–Crippen LogP) is 5.23. The Morgan fingerprint density at radius 1 is 1.18 bits per heavy atom. The molecule has 1 fully saturated rings. The monoisotopic (exact) mass is 447 g/mol. The topological polar surface area (TPSA) is 48.0 Å². The first-order valence-electron chi connectivity index (χ1n) is 9.54. The first-order valence-corrected chi connectivity index (χ1v) is 10.3. The van der Waals surface area contributed by atoms with Gasteiger partial charge in [-0.05, 0) is 65.0 Å². The molecule has 0 spiro atoms. The first kappa shape index (κ1) is 20.5. The molecular formula is C22H26BrNO4. The lowest BCUT2D eigenvalue weighted by molar-refractivity contribution is 0.0735. The molecule has 2 aromatic carbocycles. The number of methoxy groups -OCH3 is 2. The summed E-state index contributed by atoms with van der Waals surface area (Å²) in [5, 5.41) is 0. The van der Waals surface area contributed by atoms with E-state index in [-0.39, 0.29) is 11.9 Å². The van der Waals surface area contributed by atoms with Crippen molar-refractivity contribution in [1.82, 2.24) is 4.90 Å². The lowest BCUT2D eigenvalue weighted by Crippen LogP contribution is -2.30. The molecule has 0 aromatic heterocycles. The van der Waals surface area contributed by atoms with Crippen LogP contribution in [0.4, 0.5) is 0 Å². The fraction of sp³-hybridized carbons (Fsp3) is 0.409. The molecule has 1 heterocycles. The summed E-state index contributed by atoms with van der Waals surface area (Å²) < 4.78 is 17.2. The van der Waals surface area contributed by atoms with Gasteiger partial charge >= 0.3 is 0 Å². The second kappa shape index (κ2) is 9.32. The zero-order valence-electron chi connectivity index (χ0n) is 16.5. The van der Waals surface area contributed by atoms with Crippen molar-refractivity contribution in [1.29, 1.82) is 0 Å². The van der Waals surface area contributed by atoms with Gasteiger partial charge in [-0.2, -0.15) is 0 Å². The molecule has 0 unspecified atom stereocenters. The Morgan fingerprint density at radius 2 is 1.93 bits per heavy atom. The van der Waals surface area contributed by atoms with Crippen molar-refractivity contribution in [3.63, 3.8) is 0 Å². The Labute approximate surface area is 174 Å². The molecule has 1 aliphatic rings. The molecule has 0 radical (unpaired) electrons. The molecular weight excluding hydrogens is 422 g/mol. The summed E-state index contributed by atoms with van der Waals surface area (Å²) >= 11 is 3.53. The molecule has 1 amide bonds. The van der Waals surface area contributed by atoms with Crippen LogP contribution in [0, 0.1) is 0 Å². The maximum atomic E-state index is 13.3. The van der Waals surface area contributed by atoms with Crippen LogP contribution in [0.5, 0.6) is 17.2 Å².